The van der Waals surface area contributed by atoms with Crippen molar-refractivity contribution in [3.8, 4) is 0 Å². The molecule has 6 nitrogen and oxygen atoms in total. The van der Waals surface area contributed by atoms with E-state index >= 15 is 0 Å². The van der Waals surface area contributed by atoms with E-state index < -0.39 is 11.9 Å². The number of nitrogens with two attached hydrogens (primary N) is 1. The maximum absolute atomic E-state index is 12.9. The number of nitrogens with one attached hydrogen (secondary N) is 1. The molecule has 2 aromatic rings. The zero-order valence-electron chi connectivity index (χ0n) is 16.1. The number of fused-ring (bicyclic) bond motifs is 1. The number of para-hydroxylation sites is 1. The van der Waals surface area contributed by atoms with Crippen molar-refractivity contribution in [1.82, 2.24) is 0 Å². The Labute approximate surface area is 164 Å². The number of carbonyl (C=O) groups excluding carboxylic acids is 2. The third kappa shape index (κ3) is 3.38. The molecule has 1 aliphatic carbocycles. The summed E-state index contributed by atoms with van der Waals surface area (Å²) in [7, 11) is 0. The van der Waals surface area contributed by atoms with Crippen LogP contribution in [0.5, 0.6) is 0 Å². The maximum Gasteiger partial charge on any atom is 0.271 e. The van der Waals surface area contributed by atoms with Gasteiger partial charge in [0.2, 0.25) is 5.91 Å². The normalized spacial score (nSPS) is 19.9. The fourth-order valence-corrected chi connectivity index (χ4v) is 4.07. The van der Waals surface area contributed by atoms with Crippen molar-refractivity contribution in [2.24, 2.45) is 16.3 Å². The van der Waals surface area contributed by atoms with Gasteiger partial charge in [0.15, 0.2) is 0 Å². The third-order valence-electron chi connectivity index (χ3n) is 5.37. The van der Waals surface area contributed by atoms with Gasteiger partial charge in [-0.25, -0.2) is 0 Å². The summed E-state index contributed by atoms with van der Waals surface area (Å²) in [5.41, 5.74) is 10.1. The lowest BCUT2D eigenvalue weighted by Crippen LogP contribution is -2.39. The van der Waals surface area contributed by atoms with E-state index in [1.807, 2.05) is 42.5 Å². The average molecular weight is 376 g/mol. The molecule has 6 heteroatoms. The molecule has 1 unspecified atom stereocenters. The first kappa shape index (κ1) is 18.2. The van der Waals surface area contributed by atoms with E-state index in [0.29, 0.717) is 5.71 Å². The van der Waals surface area contributed by atoms with Gasteiger partial charge in [-0.1, -0.05) is 44.2 Å². The zero-order valence-corrected chi connectivity index (χ0v) is 16.1. The first-order chi connectivity index (χ1) is 13.3. The van der Waals surface area contributed by atoms with Gasteiger partial charge >= 0.3 is 0 Å². The number of nitrogens with zero attached hydrogens (tertiary/aromatic N) is 2. The summed E-state index contributed by atoms with van der Waals surface area (Å²) in [5, 5.41) is 8.96. The molecule has 0 aromatic heterocycles. The summed E-state index contributed by atoms with van der Waals surface area (Å²) in [5.74, 6) is -0.791. The van der Waals surface area contributed by atoms with Crippen molar-refractivity contribution in [1.29, 1.82) is 0 Å². The predicted octanol–water partition coefficient (Wildman–Crippen LogP) is 2.87. The fraction of sp³-hybridized carbons (Fsp3) is 0.318. The highest BCUT2D eigenvalue weighted by molar-refractivity contribution is 6.44. The highest BCUT2D eigenvalue weighted by atomic mass is 16.2. The third-order valence-corrected chi connectivity index (χ3v) is 5.37. The minimum atomic E-state index is -0.663. The van der Waals surface area contributed by atoms with Gasteiger partial charge in [0.1, 0.15) is 11.8 Å². The van der Waals surface area contributed by atoms with Crippen molar-refractivity contribution in [2.45, 2.75) is 39.2 Å². The number of primary amides is 1. The zero-order chi connectivity index (χ0) is 19.9. The number of hydrazone groups is 1. The van der Waals surface area contributed by atoms with Crippen LogP contribution in [0.15, 0.2) is 53.6 Å². The number of rotatable bonds is 4. The Morgan fingerprint density at radius 2 is 1.86 bits per heavy atom. The quantitative estimate of drug-likeness (QED) is 0.860. The molecule has 0 saturated heterocycles. The number of hydrogen-bond acceptors (Lipinski definition) is 4. The lowest BCUT2D eigenvalue weighted by molar-refractivity contribution is -0.119. The predicted molar refractivity (Wildman–Crippen MR) is 110 cm³/mol. The molecule has 1 heterocycles. The van der Waals surface area contributed by atoms with Gasteiger partial charge in [-0.3, -0.25) is 14.6 Å². The van der Waals surface area contributed by atoms with Gasteiger partial charge in [-0.05, 0) is 47.6 Å². The number of hydrogen-bond donors (Lipinski definition) is 2. The fourth-order valence-electron chi connectivity index (χ4n) is 4.07. The van der Waals surface area contributed by atoms with E-state index in [4.69, 9.17) is 5.73 Å². The van der Waals surface area contributed by atoms with Crippen LogP contribution in [0.4, 0.5) is 11.4 Å². The molecule has 0 saturated carbocycles. The summed E-state index contributed by atoms with van der Waals surface area (Å²) in [6.45, 7) is 4.46. The highest BCUT2D eigenvalue weighted by Gasteiger charge is 2.36. The van der Waals surface area contributed by atoms with E-state index in [0.717, 1.165) is 24.2 Å². The molecule has 0 bridgehead atoms. The van der Waals surface area contributed by atoms with Gasteiger partial charge in [0, 0.05) is 12.1 Å². The molecular formula is C22H24N4O2. The Kier molecular flexibility index (Phi) is 4.41. The van der Waals surface area contributed by atoms with Crippen molar-refractivity contribution in [2.75, 3.05) is 10.3 Å². The van der Waals surface area contributed by atoms with E-state index in [9.17, 15) is 9.59 Å². The van der Waals surface area contributed by atoms with Gasteiger partial charge in [-0.2, -0.15) is 5.10 Å². The Hall–Kier alpha value is -3.15. The molecular weight excluding hydrogens is 352 g/mol. The first-order valence-corrected chi connectivity index (χ1v) is 9.47. The summed E-state index contributed by atoms with van der Waals surface area (Å²) < 4.78 is 0. The van der Waals surface area contributed by atoms with Crippen LogP contribution in [0.25, 0.3) is 0 Å². The van der Waals surface area contributed by atoms with Crippen LogP contribution < -0.4 is 16.1 Å². The van der Waals surface area contributed by atoms with Crippen LogP contribution in [0.2, 0.25) is 0 Å². The SMILES string of the molecule is CC1(C)Cc2cccc(NC(=O)C3=NN(c4ccccc4)C(C(N)=O)C3)c2C1. The lowest BCUT2D eigenvalue weighted by atomic mass is 9.90. The second-order valence-corrected chi connectivity index (χ2v) is 8.26. The molecule has 0 fully saturated rings. The maximum atomic E-state index is 12.9. The van der Waals surface area contributed by atoms with Crippen LogP contribution in [-0.4, -0.2) is 23.6 Å². The molecule has 4 rings (SSSR count). The largest absolute Gasteiger partial charge is 0.368 e. The Bertz CT molecular complexity index is 966. The summed E-state index contributed by atoms with van der Waals surface area (Å²) in [6.07, 6.45) is 2.11. The summed E-state index contributed by atoms with van der Waals surface area (Å²) in [6, 6.07) is 14.6. The minimum Gasteiger partial charge on any atom is -0.368 e. The standard InChI is InChI=1S/C22H24N4O2/c1-22(2)12-14-7-6-10-17(16(14)13-22)24-21(28)18-11-19(20(23)27)26(25-18)15-8-4-3-5-9-15/h3-10,19H,11-13H2,1-2H3,(H2,23,27)(H,24,28). The second kappa shape index (κ2) is 6.78. The Morgan fingerprint density at radius 1 is 1.11 bits per heavy atom. The van der Waals surface area contributed by atoms with E-state index in [1.165, 1.54) is 16.1 Å². The van der Waals surface area contributed by atoms with Crippen LogP contribution in [0.1, 0.15) is 31.4 Å². The molecule has 28 heavy (non-hydrogen) atoms. The summed E-state index contributed by atoms with van der Waals surface area (Å²) in [4.78, 5) is 24.8. The van der Waals surface area contributed by atoms with E-state index in [2.05, 4.69) is 30.3 Å². The number of benzene rings is 2. The highest BCUT2D eigenvalue weighted by Crippen LogP contribution is 2.39. The van der Waals surface area contributed by atoms with Crippen molar-refractivity contribution >= 4 is 28.9 Å². The number of amides is 2. The van der Waals surface area contributed by atoms with Gasteiger partial charge in [-0.15, -0.1) is 0 Å². The second-order valence-electron chi connectivity index (χ2n) is 8.26. The molecule has 2 amide bonds. The first-order valence-electron chi connectivity index (χ1n) is 9.47. The molecule has 2 aliphatic rings. The average Bonchev–Trinajstić information content (AvgIpc) is 3.23. The van der Waals surface area contributed by atoms with Crippen LogP contribution in [-0.2, 0) is 22.4 Å². The molecule has 3 N–H and O–H groups in total. The Balaban J connectivity index is 1.58. The number of anilines is 2. The molecule has 1 atom stereocenters. The van der Waals surface area contributed by atoms with Gasteiger partial charge < -0.3 is 11.1 Å². The van der Waals surface area contributed by atoms with E-state index in [1.54, 1.807) is 0 Å². The molecule has 0 radical (unpaired) electrons. The topological polar surface area (TPSA) is 87.8 Å². The van der Waals surface area contributed by atoms with Crippen LogP contribution >= 0.6 is 0 Å². The molecule has 2 aromatic carbocycles. The smallest absolute Gasteiger partial charge is 0.271 e. The number of carbonyl (C=O) groups is 2. The molecule has 1 aliphatic heterocycles. The van der Waals surface area contributed by atoms with Crippen molar-refractivity contribution in [3.05, 3.63) is 59.7 Å². The van der Waals surface area contributed by atoms with Crippen LogP contribution in [0.3, 0.4) is 0 Å². The summed E-state index contributed by atoms with van der Waals surface area (Å²) >= 11 is 0. The van der Waals surface area contributed by atoms with Crippen molar-refractivity contribution in [3.63, 3.8) is 0 Å². The van der Waals surface area contributed by atoms with Crippen LogP contribution in [0, 0.1) is 5.41 Å². The van der Waals surface area contributed by atoms with Gasteiger partial charge in [0.25, 0.3) is 5.91 Å². The van der Waals surface area contributed by atoms with Gasteiger partial charge in [0.05, 0.1) is 5.69 Å². The van der Waals surface area contributed by atoms with Crippen molar-refractivity contribution < 1.29 is 9.59 Å². The molecule has 0 spiro atoms. The lowest BCUT2D eigenvalue weighted by Gasteiger charge is -2.20. The minimum absolute atomic E-state index is 0.190. The van der Waals surface area contributed by atoms with E-state index in [-0.39, 0.29) is 17.7 Å². The monoisotopic (exact) mass is 376 g/mol. The molecule has 144 valence electrons. The Morgan fingerprint density at radius 3 is 2.57 bits per heavy atom.